The van der Waals surface area contributed by atoms with Crippen molar-refractivity contribution in [3.63, 3.8) is 0 Å². The van der Waals surface area contributed by atoms with Gasteiger partial charge in [0.15, 0.2) is 0 Å². The van der Waals surface area contributed by atoms with E-state index in [4.69, 9.17) is 37.2 Å². The van der Waals surface area contributed by atoms with E-state index in [1.54, 1.807) is 12.4 Å². The second-order valence-electron chi connectivity index (χ2n) is 11.3. The summed E-state index contributed by atoms with van der Waals surface area (Å²) in [4.78, 5) is 8.33. The van der Waals surface area contributed by atoms with Gasteiger partial charge in [0.2, 0.25) is 0 Å². The lowest BCUT2D eigenvalue weighted by Gasteiger charge is -2.52. The van der Waals surface area contributed by atoms with E-state index in [-0.39, 0.29) is 11.0 Å². The van der Waals surface area contributed by atoms with Crippen LogP contribution < -0.4 is 4.74 Å². The number of fused-ring (bicyclic) bond motifs is 4. The highest BCUT2D eigenvalue weighted by molar-refractivity contribution is 6.38. The Morgan fingerprint density at radius 2 is 1.66 bits per heavy atom. The number of benzene rings is 1. The zero-order chi connectivity index (χ0) is 25.7. The first kappa shape index (κ1) is 24.4. The van der Waals surface area contributed by atoms with Crippen molar-refractivity contribution in [1.29, 1.82) is 0 Å². The van der Waals surface area contributed by atoms with E-state index in [0.717, 1.165) is 80.4 Å². The van der Waals surface area contributed by atoms with Crippen LogP contribution in [0.2, 0.25) is 10.0 Å². The van der Waals surface area contributed by atoms with E-state index in [2.05, 4.69) is 33.3 Å². The third kappa shape index (κ3) is 4.47. The summed E-state index contributed by atoms with van der Waals surface area (Å²) in [6.45, 7) is 1.20. The SMILES string of the molecule is Clc1cncc(Cl)c1-c1noc(C2CC2)c1COC12CCC(COc3ccc4ccncc4c3)(CC1)CC2. The summed E-state index contributed by atoms with van der Waals surface area (Å²) in [6.07, 6.45) is 15.5. The van der Waals surface area contributed by atoms with Crippen LogP contribution in [0.25, 0.3) is 22.0 Å². The van der Waals surface area contributed by atoms with Gasteiger partial charge in [-0.1, -0.05) is 34.4 Å². The van der Waals surface area contributed by atoms with Gasteiger partial charge in [0.25, 0.3) is 0 Å². The fourth-order valence-electron chi connectivity index (χ4n) is 6.24. The highest BCUT2D eigenvalue weighted by Crippen LogP contribution is 2.55. The van der Waals surface area contributed by atoms with E-state index < -0.39 is 0 Å². The summed E-state index contributed by atoms with van der Waals surface area (Å²) in [5.74, 6) is 2.24. The number of pyridine rings is 2. The topological polar surface area (TPSA) is 70.3 Å². The first-order valence-corrected chi connectivity index (χ1v) is 14.2. The Morgan fingerprint density at radius 3 is 2.39 bits per heavy atom. The molecule has 0 aliphatic heterocycles. The minimum atomic E-state index is -0.114. The Kier molecular flexibility index (Phi) is 6.10. The Bertz CT molecular complexity index is 1450. The maximum atomic E-state index is 6.77. The summed E-state index contributed by atoms with van der Waals surface area (Å²) in [6, 6.07) is 8.28. The van der Waals surface area contributed by atoms with E-state index in [9.17, 15) is 0 Å². The number of rotatable bonds is 8. The molecule has 0 spiro atoms. The normalized spacial score (nSPS) is 24.7. The summed E-state index contributed by atoms with van der Waals surface area (Å²) < 4.78 is 18.9. The molecule has 4 aliphatic carbocycles. The molecule has 0 N–H and O–H groups in total. The molecule has 4 aromatic rings. The molecule has 8 rings (SSSR count). The fraction of sp³-hybridized carbons (Fsp3) is 0.433. The predicted octanol–water partition coefficient (Wildman–Crippen LogP) is 8.16. The quantitative estimate of drug-likeness (QED) is 0.221. The van der Waals surface area contributed by atoms with E-state index in [0.29, 0.717) is 33.8 Å². The smallest absolute Gasteiger partial charge is 0.145 e. The van der Waals surface area contributed by atoms with Crippen LogP contribution in [0.4, 0.5) is 0 Å². The van der Waals surface area contributed by atoms with Gasteiger partial charge in [-0.25, -0.2) is 0 Å². The van der Waals surface area contributed by atoms with E-state index in [1.165, 1.54) is 5.39 Å². The van der Waals surface area contributed by atoms with Crippen LogP contribution in [0.3, 0.4) is 0 Å². The molecule has 0 saturated heterocycles. The number of hydrogen-bond donors (Lipinski definition) is 0. The van der Waals surface area contributed by atoms with Crippen molar-refractivity contribution in [2.45, 2.75) is 69.5 Å². The van der Waals surface area contributed by atoms with Gasteiger partial charge in [-0.2, -0.15) is 0 Å². The maximum absolute atomic E-state index is 6.77. The summed E-state index contributed by atoms with van der Waals surface area (Å²) in [5.41, 5.74) is 2.43. The molecule has 2 bridgehead atoms. The molecular formula is C30H29Cl2N3O3. The first-order valence-electron chi connectivity index (χ1n) is 13.4. The third-order valence-electron chi connectivity index (χ3n) is 8.87. The molecule has 0 amide bonds. The molecule has 196 valence electrons. The largest absolute Gasteiger partial charge is 0.493 e. The Hall–Kier alpha value is -2.67. The lowest BCUT2D eigenvalue weighted by atomic mass is 9.59. The molecular weight excluding hydrogens is 521 g/mol. The minimum absolute atomic E-state index is 0.114. The van der Waals surface area contributed by atoms with Crippen LogP contribution in [-0.4, -0.2) is 27.3 Å². The standard InChI is InChI=1S/C30H29Cl2N3O3/c31-24-15-34-16-25(32)26(24)27-23(28(38-35-27)20-1-2-20)17-37-30-9-6-29(7-10-30,8-11-30)18-36-22-4-3-19-5-12-33-14-21(19)13-22/h3-5,12-16,20H,1-2,6-11,17-18H2. The molecule has 3 heterocycles. The average Bonchev–Trinajstić information content (AvgIpc) is 3.72. The van der Waals surface area contributed by atoms with E-state index in [1.807, 2.05) is 18.5 Å². The minimum Gasteiger partial charge on any atom is -0.493 e. The molecule has 4 fully saturated rings. The summed E-state index contributed by atoms with van der Waals surface area (Å²) in [5, 5.41) is 7.62. The second kappa shape index (κ2) is 9.51. The van der Waals surface area contributed by atoms with Crippen LogP contribution in [-0.2, 0) is 11.3 Å². The molecule has 1 aromatic carbocycles. The Balaban J connectivity index is 1.04. The summed E-state index contributed by atoms with van der Waals surface area (Å²) in [7, 11) is 0. The second-order valence-corrected chi connectivity index (χ2v) is 12.1. The van der Waals surface area contributed by atoms with Gasteiger partial charge in [-0.05, 0) is 75.0 Å². The van der Waals surface area contributed by atoms with Gasteiger partial charge in [0, 0.05) is 52.6 Å². The monoisotopic (exact) mass is 549 g/mol. The molecule has 4 saturated carbocycles. The zero-order valence-electron chi connectivity index (χ0n) is 21.1. The van der Waals surface area contributed by atoms with Gasteiger partial charge in [0.05, 0.1) is 28.9 Å². The van der Waals surface area contributed by atoms with E-state index >= 15 is 0 Å². The van der Waals surface area contributed by atoms with Crippen molar-refractivity contribution < 1.29 is 14.0 Å². The van der Waals surface area contributed by atoms with Crippen molar-refractivity contribution in [3.8, 4) is 17.0 Å². The number of halogens is 2. The highest BCUT2D eigenvalue weighted by atomic mass is 35.5. The summed E-state index contributed by atoms with van der Waals surface area (Å²) >= 11 is 13.0. The van der Waals surface area contributed by atoms with Crippen LogP contribution >= 0.6 is 23.2 Å². The van der Waals surface area contributed by atoms with Gasteiger partial charge >= 0.3 is 0 Å². The van der Waals surface area contributed by atoms with Gasteiger partial charge < -0.3 is 14.0 Å². The molecule has 3 aromatic heterocycles. The molecule has 4 aliphatic rings. The Labute approximate surface area is 231 Å². The molecule has 8 heteroatoms. The molecule has 0 atom stereocenters. The van der Waals surface area contributed by atoms with Gasteiger partial charge in [-0.3, -0.25) is 9.97 Å². The van der Waals surface area contributed by atoms with Crippen molar-refractivity contribution in [2.24, 2.45) is 5.41 Å². The predicted molar refractivity (Wildman–Crippen MR) is 147 cm³/mol. The van der Waals surface area contributed by atoms with Crippen LogP contribution in [0.15, 0.2) is 53.6 Å². The molecule has 6 nitrogen and oxygen atoms in total. The van der Waals surface area contributed by atoms with Crippen LogP contribution in [0.5, 0.6) is 5.75 Å². The number of ether oxygens (including phenoxy) is 2. The number of hydrogen-bond acceptors (Lipinski definition) is 6. The van der Waals surface area contributed by atoms with Crippen molar-refractivity contribution in [1.82, 2.24) is 15.1 Å². The molecule has 0 radical (unpaired) electrons. The van der Waals surface area contributed by atoms with Crippen molar-refractivity contribution in [3.05, 3.63) is 70.4 Å². The fourth-order valence-corrected chi connectivity index (χ4v) is 6.78. The van der Waals surface area contributed by atoms with Crippen molar-refractivity contribution in [2.75, 3.05) is 6.61 Å². The lowest BCUT2D eigenvalue weighted by Crippen LogP contribution is -2.49. The third-order valence-corrected chi connectivity index (χ3v) is 9.44. The van der Waals surface area contributed by atoms with Gasteiger partial charge in [0.1, 0.15) is 17.2 Å². The number of nitrogens with zero attached hydrogens (tertiary/aromatic N) is 3. The Morgan fingerprint density at radius 1 is 0.895 bits per heavy atom. The first-order chi connectivity index (χ1) is 18.5. The van der Waals surface area contributed by atoms with Crippen LogP contribution in [0, 0.1) is 5.41 Å². The zero-order valence-corrected chi connectivity index (χ0v) is 22.6. The lowest BCUT2D eigenvalue weighted by molar-refractivity contribution is -0.150. The number of aromatic nitrogens is 3. The molecule has 38 heavy (non-hydrogen) atoms. The van der Waals surface area contributed by atoms with Crippen molar-refractivity contribution >= 4 is 34.0 Å². The average molecular weight is 550 g/mol. The van der Waals surface area contributed by atoms with Gasteiger partial charge in [-0.15, -0.1) is 0 Å². The van der Waals surface area contributed by atoms with Crippen LogP contribution in [0.1, 0.15) is 68.6 Å². The molecule has 0 unspecified atom stereocenters. The highest BCUT2D eigenvalue weighted by Gasteiger charge is 2.50. The maximum Gasteiger partial charge on any atom is 0.145 e.